The fourth-order valence-electron chi connectivity index (χ4n) is 1.04. The van der Waals surface area contributed by atoms with Gasteiger partial charge in [-0.3, -0.25) is 0 Å². The number of hydrogen-bond donors (Lipinski definition) is 0. The SMILES string of the molecule is CC(C#N)CN(C)c1ncc(F)cn1. The average Bonchev–Trinajstić information content (AvgIpc) is 2.18. The van der Waals surface area contributed by atoms with Crippen molar-refractivity contribution >= 4 is 5.95 Å². The predicted octanol–water partition coefficient (Wildman–Crippen LogP) is 1.21. The molecule has 4 nitrogen and oxygen atoms in total. The van der Waals surface area contributed by atoms with Crippen molar-refractivity contribution in [1.29, 1.82) is 5.26 Å². The molecule has 0 spiro atoms. The van der Waals surface area contributed by atoms with Gasteiger partial charge in [-0.2, -0.15) is 5.26 Å². The van der Waals surface area contributed by atoms with Gasteiger partial charge in [0.15, 0.2) is 5.82 Å². The van der Waals surface area contributed by atoms with E-state index in [0.717, 1.165) is 12.4 Å². The monoisotopic (exact) mass is 194 g/mol. The van der Waals surface area contributed by atoms with Crippen molar-refractivity contribution < 1.29 is 4.39 Å². The van der Waals surface area contributed by atoms with Gasteiger partial charge in [0.05, 0.1) is 24.4 Å². The number of nitrogens with zero attached hydrogens (tertiary/aromatic N) is 4. The van der Waals surface area contributed by atoms with Crippen LogP contribution in [0.3, 0.4) is 0 Å². The molecule has 1 rings (SSSR count). The normalized spacial score (nSPS) is 11.9. The number of rotatable bonds is 3. The molecule has 0 aromatic carbocycles. The molecule has 0 aliphatic rings. The summed E-state index contributed by atoms with van der Waals surface area (Å²) in [4.78, 5) is 9.31. The average molecular weight is 194 g/mol. The number of nitriles is 1. The maximum Gasteiger partial charge on any atom is 0.225 e. The Labute approximate surface area is 82.0 Å². The highest BCUT2D eigenvalue weighted by molar-refractivity contribution is 5.27. The molecular formula is C9H11FN4. The van der Waals surface area contributed by atoms with E-state index in [4.69, 9.17) is 5.26 Å². The van der Waals surface area contributed by atoms with Gasteiger partial charge in [-0.25, -0.2) is 14.4 Å². The first-order chi connectivity index (χ1) is 6.63. The van der Waals surface area contributed by atoms with Gasteiger partial charge in [-0.15, -0.1) is 0 Å². The standard InChI is InChI=1S/C9H11FN4/c1-7(3-11)6-14(2)9-12-4-8(10)5-13-9/h4-5,7H,6H2,1-2H3. The molecule has 1 heterocycles. The molecule has 1 atom stereocenters. The van der Waals surface area contributed by atoms with Gasteiger partial charge in [-0.05, 0) is 6.92 Å². The van der Waals surface area contributed by atoms with E-state index in [1.54, 1.807) is 18.9 Å². The van der Waals surface area contributed by atoms with Gasteiger partial charge in [0.2, 0.25) is 5.95 Å². The summed E-state index contributed by atoms with van der Waals surface area (Å²) in [5, 5.41) is 8.60. The van der Waals surface area contributed by atoms with Crippen LogP contribution in [0.2, 0.25) is 0 Å². The Kier molecular flexibility index (Phi) is 3.35. The minimum Gasteiger partial charge on any atom is -0.343 e. The summed E-state index contributed by atoms with van der Waals surface area (Å²) in [6, 6.07) is 2.11. The van der Waals surface area contributed by atoms with E-state index < -0.39 is 5.82 Å². The first-order valence-corrected chi connectivity index (χ1v) is 4.21. The van der Waals surface area contributed by atoms with E-state index in [0.29, 0.717) is 12.5 Å². The summed E-state index contributed by atoms with van der Waals surface area (Å²) in [6.45, 7) is 2.34. The molecule has 0 amide bonds. The fourth-order valence-corrected chi connectivity index (χ4v) is 1.04. The van der Waals surface area contributed by atoms with Gasteiger partial charge < -0.3 is 4.90 Å². The van der Waals surface area contributed by atoms with Gasteiger partial charge in [0.1, 0.15) is 0 Å². The highest BCUT2D eigenvalue weighted by atomic mass is 19.1. The summed E-state index contributed by atoms with van der Waals surface area (Å²) < 4.78 is 12.5. The van der Waals surface area contributed by atoms with Crippen molar-refractivity contribution in [2.75, 3.05) is 18.5 Å². The second-order valence-electron chi connectivity index (χ2n) is 3.11. The molecule has 0 radical (unpaired) electrons. The minimum absolute atomic E-state index is 0.103. The van der Waals surface area contributed by atoms with E-state index in [-0.39, 0.29) is 5.92 Å². The molecule has 5 heteroatoms. The van der Waals surface area contributed by atoms with Crippen LogP contribution in [0.1, 0.15) is 6.92 Å². The molecule has 1 unspecified atom stereocenters. The van der Waals surface area contributed by atoms with Crippen LogP contribution in [0.25, 0.3) is 0 Å². The first-order valence-electron chi connectivity index (χ1n) is 4.21. The van der Waals surface area contributed by atoms with Crippen LogP contribution in [0, 0.1) is 23.1 Å². The molecule has 0 bridgehead atoms. The molecular weight excluding hydrogens is 183 g/mol. The highest BCUT2D eigenvalue weighted by Crippen LogP contribution is 2.06. The maximum absolute atomic E-state index is 12.5. The number of halogens is 1. The Morgan fingerprint density at radius 1 is 1.57 bits per heavy atom. The summed E-state index contributed by atoms with van der Waals surface area (Å²) >= 11 is 0. The van der Waals surface area contributed by atoms with E-state index in [2.05, 4.69) is 16.0 Å². The molecule has 0 aliphatic carbocycles. The van der Waals surface area contributed by atoms with Gasteiger partial charge in [0, 0.05) is 13.6 Å². The van der Waals surface area contributed by atoms with Crippen molar-refractivity contribution in [3.05, 3.63) is 18.2 Å². The fraction of sp³-hybridized carbons (Fsp3) is 0.444. The maximum atomic E-state index is 12.5. The Morgan fingerprint density at radius 2 is 2.14 bits per heavy atom. The third-order valence-electron chi connectivity index (χ3n) is 1.72. The zero-order valence-electron chi connectivity index (χ0n) is 8.11. The molecule has 0 N–H and O–H groups in total. The highest BCUT2D eigenvalue weighted by Gasteiger charge is 2.08. The van der Waals surface area contributed by atoms with E-state index in [1.807, 2.05) is 0 Å². The molecule has 0 saturated heterocycles. The summed E-state index contributed by atoms with van der Waals surface area (Å²) in [6.07, 6.45) is 2.21. The van der Waals surface area contributed by atoms with E-state index >= 15 is 0 Å². The Hall–Kier alpha value is -1.70. The third-order valence-corrected chi connectivity index (χ3v) is 1.72. The lowest BCUT2D eigenvalue weighted by molar-refractivity contribution is 0.610. The molecule has 14 heavy (non-hydrogen) atoms. The largest absolute Gasteiger partial charge is 0.343 e. The topological polar surface area (TPSA) is 52.8 Å². The second kappa shape index (κ2) is 4.51. The third kappa shape index (κ3) is 2.66. The van der Waals surface area contributed by atoms with E-state index in [9.17, 15) is 4.39 Å². The summed E-state index contributed by atoms with van der Waals surface area (Å²) in [5.74, 6) is -0.141. The Bertz CT molecular complexity index is 330. The lowest BCUT2D eigenvalue weighted by Gasteiger charge is -2.17. The molecule has 1 aromatic rings. The van der Waals surface area contributed by atoms with Crippen LogP contribution < -0.4 is 4.90 Å². The molecule has 1 aromatic heterocycles. The smallest absolute Gasteiger partial charge is 0.225 e. The van der Waals surface area contributed by atoms with Crippen LogP contribution in [0.15, 0.2) is 12.4 Å². The Balaban J connectivity index is 2.66. The zero-order valence-corrected chi connectivity index (χ0v) is 8.11. The van der Waals surface area contributed by atoms with Crippen LogP contribution in [0.5, 0.6) is 0 Å². The van der Waals surface area contributed by atoms with Crippen molar-refractivity contribution in [3.63, 3.8) is 0 Å². The van der Waals surface area contributed by atoms with Gasteiger partial charge in [-0.1, -0.05) is 0 Å². The van der Waals surface area contributed by atoms with Crippen LogP contribution in [0.4, 0.5) is 10.3 Å². The van der Waals surface area contributed by atoms with Crippen molar-refractivity contribution in [1.82, 2.24) is 9.97 Å². The van der Waals surface area contributed by atoms with E-state index in [1.165, 1.54) is 0 Å². The lowest BCUT2D eigenvalue weighted by atomic mass is 10.2. The quantitative estimate of drug-likeness (QED) is 0.725. The summed E-state index contributed by atoms with van der Waals surface area (Å²) in [5.41, 5.74) is 0. The number of hydrogen-bond acceptors (Lipinski definition) is 4. The van der Waals surface area contributed by atoms with Crippen LogP contribution in [-0.4, -0.2) is 23.6 Å². The van der Waals surface area contributed by atoms with Crippen molar-refractivity contribution in [2.24, 2.45) is 5.92 Å². The first kappa shape index (κ1) is 10.4. The lowest BCUT2D eigenvalue weighted by Crippen LogP contribution is -2.25. The van der Waals surface area contributed by atoms with Gasteiger partial charge >= 0.3 is 0 Å². The van der Waals surface area contributed by atoms with Crippen molar-refractivity contribution in [3.8, 4) is 6.07 Å². The molecule has 74 valence electrons. The summed E-state index contributed by atoms with van der Waals surface area (Å²) in [7, 11) is 1.76. The number of aromatic nitrogens is 2. The van der Waals surface area contributed by atoms with Crippen LogP contribution in [-0.2, 0) is 0 Å². The van der Waals surface area contributed by atoms with Gasteiger partial charge in [0.25, 0.3) is 0 Å². The predicted molar refractivity (Wildman–Crippen MR) is 50.0 cm³/mol. The molecule has 0 aliphatic heterocycles. The molecule has 0 saturated carbocycles. The van der Waals surface area contributed by atoms with Crippen molar-refractivity contribution in [2.45, 2.75) is 6.92 Å². The van der Waals surface area contributed by atoms with Crippen LogP contribution >= 0.6 is 0 Å². The Morgan fingerprint density at radius 3 is 2.64 bits per heavy atom. The number of anilines is 1. The zero-order chi connectivity index (χ0) is 10.6. The second-order valence-corrected chi connectivity index (χ2v) is 3.11. The molecule has 0 fully saturated rings. The minimum atomic E-state index is -0.463.